The van der Waals surface area contributed by atoms with Crippen molar-refractivity contribution in [2.75, 3.05) is 24.9 Å². The molecule has 3 aromatic rings. The van der Waals surface area contributed by atoms with Crippen molar-refractivity contribution >= 4 is 34.7 Å². The molecule has 0 saturated heterocycles. The van der Waals surface area contributed by atoms with Gasteiger partial charge in [-0.2, -0.15) is 10.1 Å². The van der Waals surface area contributed by atoms with Crippen LogP contribution in [0.1, 0.15) is 0 Å². The van der Waals surface area contributed by atoms with E-state index in [9.17, 15) is 0 Å². The lowest BCUT2D eigenvalue weighted by Gasteiger charge is -2.12. The zero-order valence-corrected chi connectivity index (χ0v) is 14.4. The summed E-state index contributed by atoms with van der Waals surface area (Å²) in [5, 5.41) is 14.7. The van der Waals surface area contributed by atoms with Gasteiger partial charge in [0.15, 0.2) is 5.82 Å². The predicted molar refractivity (Wildman–Crippen MR) is 97.4 cm³/mol. The van der Waals surface area contributed by atoms with Crippen molar-refractivity contribution in [3.63, 3.8) is 0 Å². The number of hydrogen-bond donors (Lipinski definition) is 2. The molecule has 0 amide bonds. The summed E-state index contributed by atoms with van der Waals surface area (Å²) in [7, 11) is 3.17. The lowest BCUT2D eigenvalue weighted by Crippen LogP contribution is -2.03. The first kappa shape index (κ1) is 16.8. The zero-order valence-electron chi connectivity index (χ0n) is 13.7. The van der Waals surface area contributed by atoms with E-state index in [2.05, 4.69) is 25.8 Å². The Kier molecular flexibility index (Phi) is 5.15. The summed E-state index contributed by atoms with van der Waals surface area (Å²) in [6, 6.07) is 12.8. The number of nitrogens with one attached hydrogen (secondary N) is 2. The van der Waals surface area contributed by atoms with Gasteiger partial charge >= 0.3 is 0 Å². The molecule has 0 bridgehead atoms. The minimum Gasteiger partial charge on any atom is -0.497 e. The molecule has 3 rings (SSSR count). The van der Waals surface area contributed by atoms with E-state index >= 15 is 0 Å². The molecule has 0 aliphatic carbocycles. The van der Waals surface area contributed by atoms with Gasteiger partial charge in [0.25, 0.3) is 0 Å². The van der Waals surface area contributed by atoms with Crippen LogP contribution in [0, 0.1) is 0 Å². The maximum atomic E-state index is 6.14. The quantitative estimate of drug-likeness (QED) is 0.689. The number of hydrogen-bond acceptors (Lipinski definition) is 7. The Hall–Kier alpha value is -3.06. The predicted octanol–water partition coefficient (Wildman–Crippen LogP) is 4.03. The highest BCUT2D eigenvalue weighted by molar-refractivity contribution is 6.33. The standard InChI is InChI=1S/C17H16ClN5O2/c1-24-11-7-8-14(15(9-11)25-2)21-17-22-16(10-19-23-17)20-13-6-4-3-5-12(13)18/h3-10H,1-2H3,(H2,20,21,22,23). The number of para-hydroxylation sites is 1. The Morgan fingerprint density at radius 1 is 0.960 bits per heavy atom. The molecule has 0 spiro atoms. The van der Waals surface area contributed by atoms with E-state index < -0.39 is 0 Å². The molecule has 0 unspecified atom stereocenters. The summed E-state index contributed by atoms with van der Waals surface area (Å²) < 4.78 is 10.5. The fraction of sp³-hybridized carbons (Fsp3) is 0.118. The maximum Gasteiger partial charge on any atom is 0.249 e. The van der Waals surface area contributed by atoms with Gasteiger partial charge in [0.1, 0.15) is 11.5 Å². The average molecular weight is 358 g/mol. The molecule has 0 atom stereocenters. The third-order valence-electron chi connectivity index (χ3n) is 3.35. The lowest BCUT2D eigenvalue weighted by molar-refractivity contribution is 0.395. The summed E-state index contributed by atoms with van der Waals surface area (Å²) >= 11 is 6.14. The number of anilines is 4. The summed E-state index contributed by atoms with van der Waals surface area (Å²) in [5.74, 6) is 2.13. The summed E-state index contributed by atoms with van der Waals surface area (Å²) in [4.78, 5) is 4.38. The molecule has 128 valence electrons. The van der Waals surface area contributed by atoms with Crippen molar-refractivity contribution in [2.45, 2.75) is 0 Å². The number of halogens is 1. The van der Waals surface area contributed by atoms with Crippen LogP contribution in [-0.4, -0.2) is 29.4 Å². The van der Waals surface area contributed by atoms with Crippen molar-refractivity contribution in [3.8, 4) is 11.5 Å². The molecule has 0 fully saturated rings. The Balaban J connectivity index is 1.81. The third kappa shape index (κ3) is 4.07. The van der Waals surface area contributed by atoms with Crippen molar-refractivity contribution in [1.29, 1.82) is 0 Å². The minimum absolute atomic E-state index is 0.320. The van der Waals surface area contributed by atoms with Crippen LogP contribution in [-0.2, 0) is 0 Å². The highest BCUT2D eigenvalue weighted by atomic mass is 35.5. The molecule has 7 nitrogen and oxygen atoms in total. The molecule has 25 heavy (non-hydrogen) atoms. The van der Waals surface area contributed by atoms with Crippen molar-refractivity contribution in [1.82, 2.24) is 15.2 Å². The summed E-state index contributed by atoms with van der Waals surface area (Å²) in [6.07, 6.45) is 1.51. The number of methoxy groups -OCH3 is 2. The van der Waals surface area contributed by atoms with Gasteiger partial charge in [0, 0.05) is 6.07 Å². The number of benzene rings is 2. The molecule has 8 heteroatoms. The van der Waals surface area contributed by atoms with Gasteiger partial charge in [-0.1, -0.05) is 23.7 Å². The number of rotatable bonds is 6. The van der Waals surface area contributed by atoms with Crippen molar-refractivity contribution in [2.24, 2.45) is 0 Å². The molecule has 0 radical (unpaired) electrons. The second-order valence-corrected chi connectivity index (χ2v) is 5.37. The van der Waals surface area contributed by atoms with Gasteiger partial charge in [-0.05, 0) is 24.3 Å². The van der Waals surface area contributed by atoms with E-state index in [1.54, 1.807) is 26.4 Å². The molecular weight excluding hydrogens is 342 g/mol. The molecule has 2 N–H and O–H groups in total. The van der Waals surface area contributed by atoms with Gasteiger partial charge in [-0.25, -0.2) is 0 Å². The van der Waals surface area contributed by atoms with E-state index in [0.29, 0.717) is 34.0 Å². The van der Waals surface area contributed by atoms with E-state index in [1.807, 2.05) is 30.3 Å². The first-order chi connectivity index (χ1) is 12.2. The third-order valence-corrected chi connectivity index (χ3v) is 3.68. The molecular formula is C17H16ClN5O2. The number of aromatic nitrogens is 3. The largest absolute Gasteiger partial charge is 0.497 e. The smallest absolute Gasteiger partial charge is 0.249 e. The van der Waals surface area contributed by atoms with Crippen LogP contribution in [0.3, 0.4) is 0 Å². The molecule has 1 aromatic heterocycles. The summed E-state index contributed by atoms with van der Waals surface area (Å²) in [5.41, 5.74) is 1.43. The molecule has 1 heterocycles. The van der Waals surface area contributed by atoms with Gasteiger partial charge < -0.3 is 20.1 Å². The highest BCUT2D eigenvalue weighted by Crippen LogP contribution is 2.31. The van der Waals surface area contributed by atoms with Gasteiger partial charge in [0.2, 0.25) is 5.95 Å². The Morgan fingerprint density at radius 2 is 1.80 bits per heavy atom. The molecule has 2 aromatic carbocycles. The maximum absolute atomic E-state index is 6.14. The first-order valence-electron chi connectivity index (χ1n) is 7.40. The van der Waals surface area contributed by atoms with Gasteiger partial charge in [-0.3, -0.25) is 0 Å². The Bertz CT molecular complexity index is 875. The van der Waals surface area contributed by atoms with Crippen LogP contribution in [0.5, 0.6) is 11.5 Å². The SMILES string of the molecule is COc1ccc(Nc2nncc(Nc3ccccc3Cl)n2)c(OC)c1. The second kappa shape index (κ2) is 7.67. The normalized spacial score (nSPS) is 10.2. The zero-order chi connectivity index (χ0) is 17.6. The van der Waals surface area contributed by atoms with Crippen molar-refractivity contribution < 1.29 is 9.47 Å². The fourth-order valence-corrected chi connectivity index (χ4v) is 2.32. The number of nitrogens with zero attached hydrogens (tertiary/aromatic N) is 3. The van der Waals surface area contributed by atoms with Gasteiger partial charge in [-0.15, -0.1) is 5.10 Å². The number of ether oxygens (including phenoxy) is 2. The van der Waals surface area contributed by atoms with Crippen LogP contribution in [0.4, 0.5) is 23.1 Å². The van der Waals surface area contributed by atoms with Crippen LogP contribution in [0.15, 0.2) is 48.7 Å². The van der Waals surface area contributed by atoms with Crippen molar-refractivity contribution in [3.05, 3.63) is 53.7 Å². The van der Waals surface area contributed by atoms with Crippen LogP contribution in [0.2, 0.25) is 5.02 Å². The highest BCUT2D eigenvalue weighted by Gasteiger charge is 2.08. The van der Waals surface area contributed by atoms with E-state index in [-0.39, 0.29) is 0 Å². The lowest BCUT2D eigenvalue weighted by atomic mass is 10.2. The summed E-state index contributed by atoms with van der Waals surface area (Å²) in [6.45, 7) is 0. The topological polar surface area (TPSA) is 81.2 Å². The fourth-order valence-electron chi connectivity index (χ4n) is 2.14. The first-order valence-corrected chi connectivity index (χ1v) is 7.77. The van der Waals surface area contributed by atoms with E-state index in [1.165, 1.54) is 6.20 Å². The Morgan fingerprint density at radius 3 is 2.56 bits per heavy atom. The van der Waals surface area contributed by atoms with Gasteiger partial charge in [0.05, 0.1) is 36.8 Å². The minimum atomic E-state index is 0.320. The van der Waals surface area contributed by atoms with Crippen LogP contribution in [0.25, 0.3) is 0 Å². The van der Waals surface area contributed by atoms with E-state index in [4.69, 9.17) is 21.1 Å². The monoisotopic (exact) mass is 357 g/mol. The van der Waals surface area contributed by atoms with Crippen LogP contribution >= 0.6 is 11.6 Å². The molecule has 0 saturated carbocycles. The van der Waals surface area contributed by atoms with E-state index in [0.717, 1.165) is 5.69 Å². The van der Waals surface area contributed by atoms with Crippen LogP contribution < -0.4 is 20.1 Å². The molecule has 0 aliphatic rings. The second-order valence-electron chi connectivity index (χ2n) is 4.96. The average Bonchev–Trinajstić information content (AvgIpc) is 2.64. The Labute approximate surface area is 150 Å². The molecule has 0 aliphatic heterocycles.